The Balaban J connectivity index is 0.000000258. The third kappa shape index (κ3) is 10.5. The molecule has 0 N–H and O–H groups in total. The maximum absolute atomic E-state index is 4.89. The number of halogens is 2. The van der Waals surface area contributed by atoms with Gasteiger partial charge in [0.25, 0.3) is 0 Å². The fourth-order valence-electron chi connectivity index (χ4n) is 4.26. The topological polar surface area (TPSA) is 0 Å². The Kier molecular flexibility index (Phi) is 14.3. The third-order valence-electron chi connectivity index (χ3n) is 6.16. The van der Waals surface area contributed by atoms with Gasteiger partial charge in [0.05, 0.1) is 16.1 Å². The first kappa shape index (κ1) is 30.7. The molecular formula is C26H45Cl2Si3Ti-2. The Hall–Kier alpha value is 0.645. The molecule has 1 radical (unpaired) electrons. The summed E-state index contributed by atoms with van der Waals surface area (Å²) in [5, 5.41) is 3.33. The van der Waals surface area contributed by atoms with Gasteiger partial charge >= 0.3 is 35.6 Å². The van der Waals surface area contributed by atoms with E-state index in [1.54, 1.807) is 32.6 Å². The Labute approximate surface area is 220 Å². The predicted molar refractivity (Wildman–Crippen MR) is 154 cm³/mol. The van der Waals surface area contributed by atoms with Gasteiger partial charge in [0.2, 0.25) is 0 Å². The van der Waals surface area contributed by atoms with Crippen LogP contribution in [-0.2, 0) is 42.7 Å². The third-order valence-corrected chi connectivity index (χ3v) is 10.2. The van der Waals surface area contributed by atoms with Gasteiger partial charge in [-0.25, -0.2) is 12.1 Å². The Bertz CT molecular complexity index is 669. The molecule has 0 aromatic heterocycles. The van der Waals surface area contributed by atoms with Crippen LogP contribution >= 0.6 is 18.6 Å². The summed E-state index contributed by atoms with van der Waals surface area (Å²) in [5.74, 6) is 0. The van der Waals surface area contributed by atoms with Crippen LogP contribution in [0.1, 0.15) is 47.9 Å². The van der Waals surface area contributed by atoms with E-state index < -0.39 is 33.2 Å². The van der Waals surface area contributed by atoms with Gasteiger partial charge in [-0.15, -0.1) is 0 Å². The number of hydrogen-bond donors (Lipinski definition) is 0. The summed E-state index contributed by atoms with van der Waals surface area (Å²) in [6, 6.07) is 9.95. The second-order valence-corrected chi connectivity index (χ2v) is 25.0. The monoisotopic (exact) mass is 559 g/mol. The Morgan fingerprint density at radius 2 is 0.969 bits per heavy atom. The summed E-state index contributed by atoms with van der Waals surface area (Å²) in [5.41, 5.74) is 6.62. The molecule has 2 aliphatic carbocycles. The van der Waals surface area contributed by atoms with E-state index in [9.17, 15) is 0 Å². The van der Waals surface area contributed by atoms with Crippen molar-refractivity contribution in [1.82, 2.24) is 0 Å². The van der Waals surface area contributed by atoms with Crippen molar-refractivity contribution in [2.75, 3.05) is 0 Å². The molecule has 181 valence electrons. The summed E-state index contributed by atoms with van der Waals surface area (Å²) in [6.45, 7) is 19.0. The molecular weight excluding hydrogens is 515 g/mol. The van der Waals surface area contributed by atoms with E-state index >= 15 is 0 Å². The summed E-state index contributed by atoms with van der Waals surface area (Å²) in [7, 11) is 8.43. The fourth-order valence-corrected chi connectivity index (χ4v) is 6.69. The van der Waals surface area contributed by atoms with Crippen LogP contribution in [0.3, 0.4) is 0 Å². The Morgan fingerprint density at radius 3 is 1.22 bits per heavy atom. The zero-order valence-electron chi connectivity index (χ0n) is 21.8. The van der Waals surface area contributed by atoms with Crippen LogP contribution in [0.2, 0.25) is 52.4 Å². The summed E-state index contributed by atoms with van der Waals surface area (Å²) in [6.07, 6.45) is 11.0. The molecule has 0 heterocycles. The zero-order valence-corrected chi connectivity index (χ0v) is 28.0. The van der Waals surface area contributed by atoms with Crippen LogP contribution in [0, 0.1) is 0 Å². The van der Waals surface area contributed by atoms with Crippen molar-refractivity contribution in [1.29, 1.82) is 0 Å². The van der Waals surface area contributed by atoms with E-state index in [2.05, 4.69) is 76.6 Å². The van der Waals surface area contributed by atoms with Crippen LogP contribution in [0.15, 0.2) is 24.3 Å². The maximum atomic E-state index is 4.89. The van der Waals surface area contributed by atoms with E-state index in [0.717, 1.165) is 9.52 Å². The Morgan fingerprint density at radius 1 is 0.688 bits per heavy atom. The van der Waals surface area contributed by atoms with Gasteiger partial charge in [-0.3, -0.25) is 0 Å². The minimum atomic E-state index is -1.05. The fraction of sp³-hybridized carbons (Fsp3) is 0.615. The summed E-state index contributed by atoms with van der Waals surface area (Å²) in [4.78, 5) is 0. The standard InChI is InChI=1S/2C12H19Si.C2H7Si.2ClH.Ti/c2*1-13(2,3)12-8-10-6-4-5-7-11(10)9-12;1-3-2;;;/h2*8-9H,4-7H2,1-3H3;3H,1-2H3;2*1H;/q2*-1;;;;+2/p-2. The van der Waals surface area contributed by atoms with Crippen molar-refractivity contribution in [2.45, 2.75) is 104 Å². The van der Waals surface area contributed by atoms with Crippen molar-refractivity contribution in [3.05, 3.63) is 46.5 Å². The van der Waals surface area contributed by atoms with Crippen LogP contribution in [0.25, 0.3) is 0 Å². The second kappa shape index (κ2) is 14.9. The zero-order chi connectivity index (χ0) is 24.4. The molecule has 2 aromatic rings. The molecule has 0 nitrogen and oxygen atoms in total. The van der Waals surface area contributed by atoms with Gasteiger partial charge in [0, 0.05) is 9.52 Å². The molecule has 4 rings (SSSR count). The first-order valence-electron chi connectivity index (χ1n) is 12.3. The van der Waals surface area contributed by atoms with Gasteiger partial charge in [-0.1, -0.05) is 104 Å². The molecule has 0 aliphatic heterocycles. The van der Waals surface area contributed by atoms with Crippen LogP contribution in [-0.4, -0.2) is 25.7 Å². The van der Waals surface area contributed by atoms with Crippen LogP contribution in [0.5, 0.6) is 0 Å². The van der Waals surface area contributed by atoms with Crippen molar-refractivity contribution >= 4 is 54.7 Å². The van der Waals surface area contributed by atoms with Crippen LogP contribution < -0.4 is 10.4 Å². The number of fused-ring (bicyclic) bond motifs is 2. The van der Waals surface area contributed by atoms with Gasteiger partial charge in [-0.2, -0.15) is 44.8 Å². The van der Waals surface area contributed by atoms with Crippen molar-refractivity contribution in [3.8, 4) is 0 Å². The normalized spacial score (nSPS) is 14.9. The van der Waals surface area contributed by atoms with Gasteiger partial charge in [0.1, 0.15) is 0 Å². The quantitative estimate of drug-likeness (QED) is 0.263. The molecule has 0 fully saturated rings. The molecule has 2 aromatic carbocycles. The van der Waals surface area contributed by atoms with Crippen molar-refractivity contribution in [2.24, 2.45) is 0 Å². The minimum absolute atomic E-state index is 0.556. The second-order valence-electron chi connectivity index (χ2n) is 11.2. The van der Waals surface area contributed by atoms with E-state index in [1.807, 2.05) is 0 Å². The molecule has 2 aliphatic rings. The predicted octanol–water partition coefficient (Wildman–Crippen LogP) is 7.55. The SMILES string of the molecule is C[SiH]C.C[Si](C)(C)c1cc2c([cH-]1)CCCC2.C[Si](C)(C)c1cc2c([cH-]1)CCCC2.[Cl][Ti][Cl]. The number of aryl methyl sites for hydroxylation is 4. The molecule has 0 spiro atoms. The van der Waals surface area contributed by atoms with E-state index in [0.29, 0.717) is 0 Å². The van der Waals surface area contributed by atoms with E-state index in [1.165, 1.54) is 51.4 Å². The molecule has 6 heteroatoms. The average Bonchev–Trinajstić information content (AvgIpc) is 3.34. The van der Waals surface area contributed by atoms with Crippen molar-refractivity contribution < 1.29 is 17.0 Å². The average molecular weight is 561 g/mol. The van der Waals surface area contributed by atoms with Gasteiger partial charge < -0.3 is 0 Å². The molecule has 0 unspecified atom stereocenters. The van der Waals surface area contributed by atoms with Crippen molar-refractivity contribution in [3.63, 3.8) is 0 Å². The van der Waals surface area contributed by atoms with Crippen LogP contribution in [0.4, 0.5) is 0 Å². The first-order valence-corrected chi connectivity index (χ1v) is 25.9. The molecule has 0 bridgehead atoms. The molecule has 0 saturated carbocycles. The molecule has 0 atom stereocenters. The van der Waals surface area contributed by atoms with Gasteiger partial charge in [-0.05, 0) is 0 Å². The first-order chi connectivity index (χ1) is 15.0. The van der Waals surface area contributed by atoms with Gasteiger partial charge in [0.15, 0.2) is 0 Å². The van der Waals surface area contributed by atoms with E-state index in [4.69, 9.17) is 18.6 Å². The number of hydrogen-bond acceptors (Lipinski definition) is 0. The molecule has 0 saturated heterocycles. The molecule has 0 amide bonds. The number of rotatable bonds is 2. The summed E-state index contributed by atoms with van der Waals surface area (Å²) < 4.78 is 0. The summed E-state index contributed by atoms with van der Waals surface area (Å²) >= 11 is -0.556. The molecule has 32 heavy (non-hydrogen) atoms. The van der Waals surface area contributed by atoms with E-state index in [-0.39, 0.29) is 0 Å².